The van der Waals surface area contributed by atoms with Crippen LogP contribution in [0.1, 0.15) is 35.6 Å². The van der Waals surface area contributed by atoms with Crippen LogP contribution in [0.25, 0.3) is 5.69 Å². The molecule has 0 saturated carbocycles. The van der Waals surface area contributed by atoms with Gasteiger partial charge in [-0.05, 0) is 49.6 Å². The van der Waals surface area contributed by atoms with Crippen LogP contribution in [0.2, 0.25) is 0 Å². The lowest BCUT2D eigenvalue weighted by molar-refractivity contribution is -0.142. The number of benzene rings is 1. The number of alkyl halides is 3. The Kier molecular flexibility index (Phi) is 6.82. The van der Waals surface area contributed by atoms with Gasteiger partial charge in [0.15, 0.2) is 5.82 Å². The first-order valence-corrected chi connectivity index (χ1v) is 11.2. The highest BCUT2D eigenvalue weighted by atomic mass is 19.4. The standard InChI is InChI=1S/C25H24F3N5O3/c1-4-22(34)33(21-12-11-20(23(30-21)36-3)31-14-16(2)29-15-31)32-13-7-9-18(24(32)35)17-8-5-6-10-19(17)25(26,27)28/h4-6,8,10-12,14-15,18H,1,7,9,13H2,2-3H3. The number of rotatable bonds is 6. The summed E-state index contributed by atoms with van der Waals surface area (Å²) in [6.07, 6.45) is 0.343. The molecule has 3 heterocycles. The average molecular weight is 499 g/mol. The van der Waals surface area contributed by atoms with Gasteiger partial charge in [-0.15, -0.1) is 0 Å². The number of hydrogen-bond donors (Lipinski definition) is 0. The first-order valence-electron chi connectivity index (χ1n) is 11.2. The highest BCUT2D eigenvalue weighted by Crippen LogP contribution is 2.39. The van der Waals surface area contributed by atoms with E-state index in [0.29, 0.717) is 12.1 Å². The van der Waals surface area contributed by atoms with E-state index in [-0.39, 0.29) is 30.2 Å². The Bertz CT molecular complexity index is 1300. The molecule has 0 N–H and O–H groups in total. The van der Waals surface area contributed by atoms with E-state index in [0.717, 1.165) is 27.9 Å². The van der Waals surface area contributed by atoms with Crippen molar-refractivity contribution in [3.05, 3.63) is 78.4 Å². The number of piperidine rings is 1. The van der Waals surface area contributed by atoms with Gasteiger partial charge in [0, 0.05) is 12.7 Å². The molecule has 1 aromatic carbocycles. The molecule has 3 aromatic rings. The molecule has 0 aliphatic carbocycles. The topological polar surface area (TPSA) is 80.6 Å². The Morgan fingerprint density at radius 1 is 1.25 bits per heavy atom. The second kappa shape index (κ2) is 9.84. The maximum absolute atomic E-state index is 13.7. The third-order valence-electron chi connectivity index (χ3n) is 5.91. The number of ether oxygens (including phenoxy) is 1. The van der Waals surface area contributed by atoms with Gasteiger partial charge in [0.2, 0.25) is 11.8 Å². The highest BCUT2D eigenvalue weighted by molar-refractivity contribution is 6.03. The minimum absolute atomic E-state index is 0.0652. The number of carbonyl (C=O) groups is 2. The molecule has 0 spiro atoms. The van der Waals surface area contributed by atoms with Crippen LogP contribution in [0, 0.1) is 6.92 Å². The number of hydrogen-bond acceptors (Lipinski definition) is 5. The summed E-state index contributed by atoms with van der Waals surface area (Å²) < 4.78 is 48.1. The number of anilines is 1. The maximum atomic E-state index is 13.7. The molecule has 2 amide bonds. The third kappa shape index (κ3) is 4.68. The van der Waals surface area contributed by atoms with Crippen molar-refractivity contribution < 1.29 is 27.5 Å². The Hall–Kier alpha value is -4.15. The van der Waals surface area contributed by atoms with Crippen molar-refractivity contribution in [1.29, 1.82) is 0 Å². The number of hydrazine groups is 1. The van der Waals surface area contributed by atoms with Gasteiger partial charge in [0.05, 0.1) is 30.6 Å². The van der Waals surface area contributed by atoms with Crippen LogP contribution in [0.15, 0.2) is 61.6 Å². The second-order valence-electron chi connectivity index (χ2n) is 8.22. The van der Waals surface area contributed by atoms with Crippen LogP contribution in [0.3, 0.4) is 0 Å². The summed E-state index contributed by atoms with van der Waals surface area (Å²) in [6.45, 7) is 5.46. The molecule has 1 unspecified atom stereocenters. The van der Waals surface area contributed by atoms with E-state index < -0.39 is 29.5 Å². The van der Waals surface area contributed by atoms with Crippen LogP contribution in [-0.4, -0.2) is 45.0 Å². The Morgan fingerprint density at radius 3 is 2.64 bits per heavy atom. The summed E-state index contributed by atoms with van der Waals surface area (Å²) in [5, 5.41) is 2.16. The Labute approximate surface area is 205 Å². The Balaban J connectivity index is 1.74. The zero-order chi connectivity index (χ0) is 26.0. The predicted molar refractivity (Wildman–Crippen MR) is 125 cm³/mol. The van der Waals surface area contributed by atoms with Crippen molar-refractivity contribution in [1.82, 2.24) is 19.5 Å². The number of imidazole rings is 1. The monoisotopic (exact) mass is 499 g/mol. The van der Waals surface area contributed by atoms with E-state index in [2.05, 4.69) is 16.5 Å². The van der Waals surface area contributed by atoms with E-state index in [1.165, 1.54) is 31.4 Å². The highest BCUT2D eigenvalue weighted by Gasteiger charge is 2.41. The number of carbonyl (C=O) groups excluding carboxylic acids is 2. The molecule has 188 valence electrons. The maximum Gasteiger partial charge on any atom is 0.416 e. The van der Waals surface area contributed by atoms with Crippen LogP contribution in [0.5, 0.6) is 5.88 Å². The van der Waals surface area contributed by atoms with E-state index in [9.17, 15) is 22.8 Å². The molecule has 8 nitrogen and oxygen atoms in total. The smallest absolute Gasteiger partial charge is 0.416 e. The van der Waals surface area contributed by atoms with E-state index in [1.807, 2.05) is 6.92 Å². The second-order valence-corrected chi connectivity index (χ2v) is 8.22. The third-order valence-corrected chi connectivity index (χ3v) is 5.91. The average Bonchev–Trinajstić information content (AvgIpc) is 3.30. The lowest BCUT2D eigenvalue weighted by Crippen LogP contribution is -2.54. The van der Waals surface area contributed by atoms with Gasteiger partial charge in [-0.3, -0.25) is 9.59 Å². The number of methoxy groups -OCH3 is 1. The SMILES string of the molecule is C=CC(=O)N(c1ccc(-n2cnc(C)c2)c(OC)n1)N1CCCC(c2ccccc2C(F)(F)F)C1=O. The lowest BCUT2D eigenvalue weighted by atomic mass is 9.87. The fourth-order valence-electron chi connectivity index (χ4n) is 4.29. The largest absolute Gasteiger partial charge is 0.479 e. The van der Waals surface area contributed by atoms with Crippen molar-refractivity contribution in [3.8, 4) is 11.6 Å². The van der Waals surface area contributed by atoms with Crippen molar-refractivity contribution in [3.63, 3.8) is 0 Å². The number of aromatic nitrogens is 3. The normalized spacial score (nSPS) is 16.1. The summed E-state index contributed by atoms with van der Waals surface area (Å²) >= 11 is 0. The molecule has 1 aliphatic heterocycles. The van der Waals surface area contributed by atoms with E-state index >= 15 is 0 Å². The van der Waals surface area contributed by atoms with Crippen LogP contribution in [-0.2, 0) is 15.8 Å². The Morgan fingerprint density at radius 2 is 2.00 bits per heavy atom. The van der Waals surface area contributed by atoms with Gasteiger partial charge in [-0.25, -0.2) is 9.99 Å². The van der Waals surface area contributed by atoms with Gasteiger partial charge in [0.1, 0.15) is 5.69 Å². The van der Waals surface area contributed by atoms with Gasteiger partial charge in [0.25, 0.3) is 5.91 Å². The minimum atomic E-state index is -4.62. The molecular formula is C25H24F3N5O3. The zero-order valence-corrected chi connectivity index (χ0v) is 19.7. The number of amides is 2. The lowest BCUT2D eigenvalue weighted by Gasteiger charge is -2.39. The predicted octanol–water partition coefficient (Wildman–Crippen LogP) is 4.44. The van der Waals surface area contributed by atoms with Crippen molar-refractivity contribution in [2.75, 3.05) is 18.7 Å². The number of nitrogens with zero attached hydrogens (tertiary/aromatic N) is 5. The van der Waals surface area contributed by atoms with Gasteiger partial charge in [-0.1, -0.05) is 24.8 Å². The van der Waals surface area contributed by atoms with Crippen LogP contribution in [0.4, 0.5) is 19.0 Å². The molecule has 1 aliphatic rings. The first-order chi connectivity index (χ1) is 17.2. The van der Waals surface area contributed by atoms with Gasteiger partial charge >= 0.3 is 6.18 Å². The quantitative estimate of drug-likeness (QED) is 0.469. The molecule has 0 radical (unpaired) electrons. The summed E-state index contributed by atoms with van der Waals surface area (Å²) in [7, 11) is 1.41. The van der Waals surface area contributed by atoms with Crippen LogP contribution >= 0.6 is 0 Å². The molecule has 1 fully saturated rings. The summed E-state index contributed by atoms with van der Waals surface area (Å²) in [6, 6.07) is 8.18. The van der Waals surface area contributed by atoms with Crippen molar-refractivity contribution >= 4 is 17.6 Å². The molecular weight excluding hydrogens is 475 g/mol. The van der Waals surface area contributed by atoms with Crippen molar-refractivity contribution in [2.24, 2.45) is 0 Å². The number of halogens is 3. The summed E-state index contributed by atoms with van der Waals surface area (Å²) in [5.74, 6) is -2.14. The molecule has 11 heteroatoms. The molecule has 4 rings (SSSR count). The fraction of sp³-hybridized carbons (Fsp3) is 0.280. The number of aryl methyl sites for hydroxylation is 1. The molecule has 1 atom stereocenters. The molecule has 36 heavy (non-hydrogen) atoms. The zero-order valence-electron chi connectivity index (χ0n) is 19.7. The molecule has 1 saturated heterocycles. The van der Waals surface area contributed by atoms with Crippen molar-refractivity contribution in [2.45, 2.75) is 31.9 Å². The molecule has 2 aromatic heterocycles. The van der Waals surface area contributed by atoms with Gasteiger partial charge in [-0.2, -0.15) is 23.2 Å². The summed E-state index contributed by atoms with van der Waals surface area (Å²) in [5.41, 5.74) is 0.331. The number of pyridine rings is 1. The fourth-order valence-corrected chi connectivity index (χ4v) is 4.29. The van der Waals surface area contributed by atoms with E-state index in [4.69, 9.17) is 4.74 Å². The molecule has 0 bridgehead atoms. The van der Waals surface area contributed by atoms with E-state index in [1.54, 1.807) is 23.2 Å². The minimum Gasteiger partial charge on any atom is -0.479 e. The summed E-state index contributed by atoms with van der Waals surface area (Å²) in [4.78, 5) is 35.1. The van der Waals surface area contributed by atoms with Crippen LogP contribution < -0.4 is 9.75 Å². The van der Waals surface area contributed by atoms with Gasteiger partial charge < -0.3 is 9.30 Å². The first kappa shape index (κ1) is 25.0.